The zero-order valence-electron chi connectivity index (χ0n) is 14.1. The number of fused-ring (bicyclic) bond motifs is 1. The van der Waals surface area contributed by atoms with Crippen LogP contribution in [0.5, 0.6) is 0 Å². The number of H-pyrrole nitrogens is 1. The lowest BCUT2D eigenvalue weighted by atomic mass is 10.3. The van der Waals surface area contributed by atoms with Gasteiger partial charge in [-0.15, -0.1) is 0 Å². The zero-order valence-corrected chi connectivity index (χ0v) is 16.5. The van der Waals surface area contributed by atoms with Crippen LogP contribution in [0.2, 0.25) is 5.02 Å². The topological polar surface area (TPSA) is 52.7 Å². The second-order valence-corrected chi connectivity index (χ2v) is 7.68. The molecule has 4 aromatic rings. The van der Waals surface area contributed by atoms with Crippen LogP contribution in [0.3, 0.4) is 0 Å². The smallest absolute Gasteiger partial charge is 0.175 e. The number of aromatic nitrogens is 2. The Morgan fingerprint density at radius 3 is 2.19 bits per heavy atom. The van der Waals surface area contributed by atoms with Crippen LogP contribution >= 0.6 is 35.6 Å². The molecule has 0 aliphatic rings. The third-order valence-corrected chi connectivity index (χ3v) is 5.15. The summed E-state index contributed by atoms with van der Waals surface area (Å²) in [6, 6.07) is 23.4. The summed E-state index contributed by atoms with van der Waals surface area (Å²) in [6.45, 7) is 0. The van der Waals surface area contributed by atoms with Gasteiger partial charge in [0.15, 0.2) is 10.3 Å². The van der Waals surface area contributed by atoms with Gasteiger partial charge in [-0.05, 0) is 72.9 Å². The van der Waals surface area contributed by atoms with Crippen molar-refractivity contribution in [2.24, 2.45) is 0 Å². The van der Waals surface area contributed by atoms with Crippen molar-refractivity contribution in [1.29, 1.82) is 0 Å². The van der Waals surface area contributed by atoms with Crippen LogP contribution in [0.25, 0.3) is 11.0 Å². The van der Waals surface area contributed by atoms with Crippen LogP contribution in [0.15, 0.2) is 82.8 Å². The molecule has 0 atom stereocenters. The Balaban J connectivity index is 1.38. The first-order valence-electron chi connectivity index (χ1n) is 8.22. The maximum absolute atomic E-state index is 5.89. The Hall–Kier alpha value is -2.54. The van der Waals surface area contributed by atoms with E-state index in [4.69, 9.17) is 23.8 Å². The highest BCUT2D eigenvalue weighted by Crippen LogP contribution is 2.28. The van der Waals surface area contributed by atoms with E-state index >= 15 is 0 Å². The molecule has 1 aromatic heterocycles. The van der Waals surface area contributed by atoms with Gasteiger partial charge in [0.25, 0.3) is 0 Å². The minimum absolute atomic E-state index is 0.523. The van der Waals surface area contributed by atoms with Gasteiger partial charge in [0, 0.05) is 21.3 Å². The van der Waals surface area contributed by atoms with Crippen LogP contribution in [0.4, 0.5) is 11.4 Å². The van der Waals surface area contributed by atoms with Crippen LogP contribution in [0.1, 0.15) is 0 Å². The maximum Gasteiger partial charge on any atom is 0.175 e. The second-order valence-electron chi connectivity index (χ2n) is 5.77. The zero-order chi connectivity index (χ0) is 18.6. The quantitative estimate of drug-likeness (QED) is 0.351. The fourth-order valence-electron chi connectivity index (χ4n) is 2.52. The number of benzene rings is 3. The minimum atomic E-state index is 0.523. The number of nitrogens with one attached hydrogen (secondary N) is 3. The molecule has 0 bridgehead atoms. The van der Waals surface area contributed by atoms with Gasteiger partial charge in [0.05, 0.1) is 11.0 Å². The van der Waals surface area contributed by atoms with Crippen molar-refractivity contribution < 1.29 is 0 Å². The van der Waals surface area contributed by atoms with Crippen molar-refractivity contribution in [2.75, 3.05) is 10.6 Å². The summed E-state index contributed by atoms with van der Waals surface area (Å²) in [5, 5.41) is 8.39. The van der Waals surface area contributed by atoms with Crippen LogP contribution in [-0.2, 0) is 0 Å². The first-order chi connectivity index (χ1) is 13.2. The van der Waals surface area contributed by atoms with Crippen molar-refractivity contribution in [2.45, 2.75) is 10.1 Å². The summed E-state index contributed by atoms with van der Waals surface area (Å²) in [5.74, 6) is 0. The molecule has 0 amide bonds. The van der Waals surface area contributed by atoms with E-state index in [0.29, 0.717) is 10.1 Å². The van der Waals surface area contributed by atoms with Crippen molar-refractivity contribution in [3.63, 3.8) is 0 Å². The molecule has 7 heteroatoms. The molecule has 27 heavy (non-hydrogen) atoms. The number of imidazole rings is 1. The first-order valence-corrected chi connectivity index (χ1v) is 9.82. The predicted molar refractivity (Wildman–Crippen MR) is 118 cm³/mol. The van der Waals surface area contributed by atoms with Gasteiger partial charge in [-0.3, -0.25) is 0 Å². The highest BCUT2D eigenvalue weighted by atomic mass is 35.5. The lowest BCUT2D eigenvalue weighted by molar-refractivity contribution is 1.08. The maximum atomic E-state index is 5.89. The van der Waals surface area contributed by atoms with Gasteiger partial charge >= 0.3 is 0 Å². The third-order valence-electron chi connectivity index (χ3n) is 3.80. The summed E-state index contributed by atoms with van der Waals surface area (Å²) in [7, 11) is 0. The Morgan fingerprint density at radius 2 is 1.52 bits per heavy atom. The van der Waals surface area contributed by atoms with E-state index < -0.39 is 0 Å². The highest BCUT2D eigenvalue weighted by Gasteiger charge is 2.05. The van der Waals surface area contributed by atoms with E-state index in [-0.39, 0.29) is 0 Å². The molecule has 0 unspecified atom stereocenters. The number of halogens is 1. The van der Waals surface area contributed by atoms with E-state index in [1.165, 1.54) is 0 Å². The van der Waals surface area contributed by atoms with E-state index in [9.17, 15) is 0 Å². The molecule has 0 aliphatic carbocycles. The molecule has 0 saturated carbocycles. The number of hydrogen-bond acceptors (Lipinski definition) is 3. The van der Waals surface area contributed by atoms with Crippen molar-refractivity contribution in [1.82, 2.24) is 9.97 Å². The average Bonchev–Trinajstić information content (AvgIpc) is 3.07. The number of nitrogens with zero attached hydrogens (tertiary/aromatic N) is 1. The molecular weight excluding hydrogens is 396 g/mol. The van der Waals surface area contributed by atoms with Crippen molar-refractivity contribution in [3.8, 4) is 0 Å². The molecule has 4 rings (SSSR count). The molecule has 1 heterocycles. The number of aromatic amines is 1. The number of para-hydroxylation sites is 2. The average molecular weight is 411 g/mol. The van der Waals surface area contributed by atoms with Crippen LogP contribution in [0, 0.1) is 0 Å². The summed E-state index contributed by atoms with van der Waals surface area (Å²) in [4.78, 5) is 9.00. The van der Waals surface area contributed by atoms with Crippen molar-refractivity contribution in [3.05, 3.63) is 77.8 Å². The Bertz CT molecular complexity index is 1040. The molecule has 134 valence electrons. The first kappa shape index (κ1) is 17.9. The van der Waals surface area contributed by atoms with Gasteiger partial charge in [-0.25, -0.2) is 4.98 Å². The summed E-state index contributed by atoms with van der Waals surface area (Å²) in [6.07, 6.45) is 0. The summed E-state index contributed by atoms with van der Waals surface area (Å²) >= 11 is 12.8. The Morgan fingerprint density at radius 1 is 0.889 bits per heavy atom. The number of hydrogen-bond donors (Lipinski definition) is 3. The fourth-order valence-corrected chi connectivity index (χ4v) is 3.68. The monoisotopic (exact) mass is 410 g/mol. The SMILES string of the molecule is S=C(Nc1ccc(Cl)cc1)Nc1ccc(Sc2nc3ccccc3[nH]2)cc1. The molecule has 4 nitrogen and oxygen atoms in total. The molecule has 0 fully saturated rings. The molecule has 0 aliphatic heterocycles. The van der Waals surface area contributed by atoms with Crippen LogP contribution in [-0.4, -0.2) is 15.1 Å². The second kappa shape index (κ2) is 8.00. The lowest BCUT2D eigenvalue weighted by Crippen LogP contribution is -2.18. The van der Waals surface area contributed by atoms with E-state index in [2.05, 4.69) is 20.6 Å². The summed E-state index contributed by atoms with van der Waals surface area (Å²) < 4.78 is 0. The number of thiocarbonyl (C=S) groups is 1. The minimum Gasteiger partial charge on any atom is -0.333 e. The molecule has 0 radical (unpaired) electrons. The van der Waals surface area contributed by atoms with E-state index in [0.717, 1.165) is 32.5 Å². The normalized spacial score (nSPS) is 10.7. The number of rotatable bonds is 4. The van der Waals surface area contributed by atoms with Gasteiger partial charge in [-0.2, -0.15) is 0 Å². The summed E-state index contributed by atoms with van der Waals surface area (Å²) in [5.41, 5.74) is 3.80. The van der Waals surface area contributed by atoms with Gasteiger partial charge in [0.2, 0.25) is 0 Å². The Labute approximate surface area is 171 Å². The molecular formula is C20H15ClN4S2. The van der Waals surface area contributed by atoms with Gasteiger partial charge < -0.3 is 15.6 Å². The van der Waals surface area contributed by atoms with Crippen LogP contribution < -0.4 is 10.6 Å². The molecule has 0 saturated heterocycles. The molecule has 3 N–H and O–H groups in total. The van der Waals surface area contributed by atoms with E-state index in [1.54, 1.807) is 11.8 Å². The third kappa shape index (κ3) is 4.60. The lowest BCUT2D eigenvalue weighted by Gasteiger charge is -2.11. The highest BCUT2D eigenvalue weighted by molar-refractivity contribution is 7.99. The number of anilines is 2. The van der Waals surface area contributed by atoms with Gasteiger partial charge in [-0.1, -0.05) is 35.5 Å². The Kier molecular flexibility index (Phi) is 5.29. The van der Waals surface area contributed by atoms with Gasteiger partial charge in [0.1, 0.15) is 0 Å². The fraction of sp³-hybridized carbons (Fsp3) is 0. The predicted octanol–water partition coefficient (Wildman–Crippen LogP) is 6.18. The van der Waals surface area contributed by atoms with Crippen molar-refractivity contribution >= 4 is 63.1 Å². The molecule has 3 aromatic carbocycles. The standard InChI is InChI=1S/C20H15ClN4S2/c21-13-5-7-14(8-6-13)22-19(26)23-15-9-11-16(12-10-15)27-20-24-17-3-1-2-4-18(17)25-20/h1-12H,(H,24,25)(H2,22,23,26). The van der Waals surface area contributed by atoms with E-state index in [1.807, 2.05) is 72.8 Å². The largest absolute Gasteiger partial charge is 0.333 e. The molecule has 0 spiro atoms.